The van der Waals surface area contributed by atoms with Gasteiger partial charge in [-0.3, -0.25) is 9.59 Å². The van der Waals surface area contributed by atoms with Crippen LogP contribution in [-0.4, -0.2) is 36.9 Å². The zero-order valence-electron chi connectivity index (χ0n) is 11.4. The lowest BCUT2D eigenvalue weighted by Gasteiger charge is -2.23. The van der Waals surface area contributed by atoms with Gasteiger partial charge in [-0.05, 0) is 47.5 Å². The van der Waals surface area contributed by atoms with Crippen molar-refractivity contribution in [3.8, 4) is 0 Å². The molecule has 1 heterocycles. The smallest absolute Gasteiger partial charge is 0.255 e. The molecule has 1 aliphatic rings. The fraction of sp³-hybridized carbons (Fsp3) is 0.429. The molecule has 0 aromatic heterocycles. The van der Waals surface area contributed by atoms with E-state index in [1.807, 2.05) is 19.1 Å². The second kappa shape index (κ2) is 5.85. The molecular formula is C14H16Br2N2O2. The van der Waals surface area contributed by atoms with Crippen LogP contribution in [0, 0.1) is 5.41 Å². The van der Waals surface area contributed by atoms with E-state index in [9.17, 15) is 9.59 Å². The van der Waals surface area contributed by atoms with Crippen molar-refractivity contribution in [3.05, 3.63) is 32.7 Å². The fourth-order valence-corrected chi connectivity index (χ4v) is 3.23. The molecule has 0 saturated carbocycles. The van der Waals surface area contributed by atoms with Crippen LogP contribution in [0.2, 0.25) is 0 Å². The third-order valence-corrected chi connectivity index (χ3v) is 4.88. The molecule has 1 atom stereocenters. The topological polar surface area (TPSA) is 49.4 Å². The lowest BCUT2D eigenvalue weighted by atomic mass is 9.89. The highest BCUT2D eigenvalue weighted by atomic mass is 79.9. The minimum Gasteiger partial charge on any atom is -0.359 e. The van der Waals surface area contributed by atoms with E-state index in [-0.39, 0.29) is 11.8 Å². The minimum atomic E-state index is -0.497. The lowest BCUT2D eigenvalue weighted by Crippen LogP contribution is -2.40. The number of benzene rings is 1. The predicted molar refractivity (Wildman–Crippen MR) is 84.5 cm³/mol. The number of halogens is 2. The number of hydrogen-bond acceptors (Lipinski definition) is 2. The monoisotopic (exact) mass is 402 g/mol. The average Bonchev–Trinajstić information content (AvgIpc) is 2.83. The summed E-state index contributed by atoms with van der Waals surface area (Å²) >= 11 is 6.78. The van der Waals surface area contributed by atoms with Crippen LogP contribution in [0.5, 0.6) is 0 Å². The Morgan fingerprint density at radius 2 is 2.05 bits per heavy atom. The van der Waals surface area contributed by atoms with Crippen LogP contribution >= 0.6 is 31.9 Å². The quantitative estimate of drug-likeness (QED) is 0.825. The first kappa shape index (κ1) is 15.5. The molecule has 6 heteroatoms. The molecular weight excluding hydrogens is 388 g/mol. The highest BCUT2D eigenvalue weighted by Crippen LogP contribution is 2.32. The van der Waals surface area contributed by atoms with Crippen molar-refractivity contribution >= 4 is 43.7 Å². The van der Waals surface area contributed by atoms with Gasteiger partial charge >= 0.3 is 0 Å². The normalized spacial score (nSPS) is 21.9. The molecule has 0 radical (unpaired) electrons. The highest BCUT2D eigenvalue weighted by molar-refractivity contribution is 9.11. The van der Waals surface area contributed by atoms with Gasteiger partial charge in [0.25, 0.3) is 5.91 Å². The van der Waals surface area contributed by atoms with E-state index in [2.05, 4.69) is 37.2 Å². The Kier molecular flexibility index (Phi) is 4.54. The van der Waals surface area contributed by atoms with Gasteiger partial charge in [0.1, 0.15) is 0 Å². The van der Waals surface area contributed by atoms with Crippen LogP contribution in [0.15, 0.2) is 27.1 Å². The largest absolute Gasteiger partial charge is 0.359 e. The van der Waals surface area contributed by atoms with Crippen molar-refractivity contribution in [3.63, 3.8) is 0 Å². The summed E-state index contributed by atoms with van der Waals surface area (Å²) in [4.78, 5) is 26.2. The number of rotatable bonds is 2. The maximum atomic E-state index is 12.6. The summed E-state index contributed by atoms with van der Waals surface area (Å²) in [7, 11) is 1.63. The standard InChI is InChI=1S/C14H16Br2N2O2/c1-14(13(20)17-2)5-6-18(8-14)12(19)10-7-9(15)3-4-11(10)16/h3-4,7H,5-6,8H2,1-2H3,(H,17,20). The summed E-state index contributed by atoms with van der Waals surface area (Å²) in [5.74, 6) is -0.0630. The van der Waals surface area contributed by atoms with Crippen LogP contribution < -0.4 is 5.32 Å². The zero-order chi connectivity index (χ0) is 14.9. The molecule has 1 saturated heterocycles. The molecule has 0 aliphatic carbocycles. The van der Waals surface area contributed by atoms with Crippen molar-refractivity contribution in [1.82, 2.24) is 10.2 Å². The van der Waals surface area contributed by atoms with Crippen molar-refractivity contribution in [2.75, 3.05) is 20.1 Å². The number of nitrogens with zero attached hydrogens (tertiary/aromatic N) is 1. The Morgan fingerprint density at radius 1 is 1.35 bits per heavy atom. The number of likely N-dealkylation sites (tertiary alicyclic amines) is 1. The average molecular weight is 404 g/mol. The summed E-state index contributed by atoms with van der Waals surface area (Å²) in [5, 5.41) is 2.67. The Hall–Kier alpha value is -0.880. The van der Waals surface area contributed by atoms with E-state index >= 15 is 0 Å². The zero-order valence-corrected chi connectivity index (χ0v) is 14.5. The first-order chi connectivity index (χ1) is 9.37. The Balaban J connectivity index is 2.20. The van der Waals surface area contributed by atoms with Gasteiger partial charge in [0, 0.05) is 29.1 Å². The van der Waals surface area contributed by atoms with E-state index in [4.69, 9.17) is 0 Å². The van der Waals surface area contributed by atoms with Crippen molar-refractivity contribution in [2.24, 2.45) is 5.41 Å². The van der Waals surface area contributed by atoms with Crippen LogP contribution in [-0.2, 0) is 4.79 Å². The SMILES string of the molecule is CNC(=O)C1(C)CCN(C(=O)c2cc(Br)ccc2Br)C1. The summed E-state index contributed by atoms with van der Waals surface area (Å²) in [6.45, 7) is 2.95. The summed E-state index contributed by atoms with van der Waals surface area (Å²) in [6.07, 6.45) is 0.685. The van der Waals surface area contributed by atoms with Gasteiger partial charge < -0.3 is 10.2 Å². The van der Waals surface area contributed by atoms with Crippen LogP contribution in [0.4, 0.5) is 0 Å². The third-order valence-electron chi connectivity index (χ3n) is 3.69. The van der Waals surface area contributed by atoms with E-state index < -0.39 is 5.41 Å². The summed E-state index contributed by atoms with van der Waals surface area (Å²) in [5.41, 5.74) is 0.114. The molecule has 0 spiro atoms. The maximum Gasteiger partial charge on any atom is 0.255 e. The van der Waals surface area contributed by atoms with Crippen LogP contribution in [0.25, 0.3) is 0 Å². The Morgan fingerprint density at radius 3 is 2.70 bits per heavy atom. The van der Waals surface area contributed by atoms with Gasteiger partial charge in [-0.1, -0.05) is 15.9 Å². The van der Waals surface area contributed by atoms with Crippen LogP contribution in [0.3, 0.4) is 0 Å². The van der Waals surface area contributed by atoms with E-state index in [1.165, 1.54) is 0 Å². The van der Waals surface area contributed by atoms with Gasteiger partial charge in [0.05, 0.1) is 11.0 Å². The first-order valence-electron chi connectivity index (χ1n) is 6.34. The predicted octanol–water partition coefficient (Wildman–Crippen LogP) is 2.81. The number of carbonyl (C=O) groups excluding carboxylic acids is 2. The Bertz CT molecular complexity index is 562. The number of hydrogen-bond donors (Lipinski definition) is 1. The molecule has 20 heavy (non-hydrogen) atoms. The fourth-order valence-electron chi connectivity index (χ4n) is 2.45. The molecule has 1 fully saturated rings. The molecule has 108 valence electrons. The summed E-state index contributed by atoms with van der Waals surface area (Å²) < 4.78 is 1.62. The maximum absolute atomic E-state index is 12.6. The van der Waals surface area contributed by atoms with Crippen LogP contribution in [0.1, 0.15) is 23.7 Å². The number of amides is 2. The molecule has 1 aromatic rings. The van der Waals surface area contributed by atoms with E-state index in [0.29, 0.717) is 25.1 Å². The molecule has 1 aromatic carbocycles. The molecule has 0 bridgehead atoms. The highest BCUT2D eigenvalue weighted by Gasteiger charge is 2.41. The second-order valence-electron chi connectivity index (χ2n) is 5.24. The van der Waals surface area contributed by atoms with E-state index in [1.54, 1.807) is 18.0 Å². The molecule has 1 aliphatic heterocycles. The minimum absolute atomic E-state index is 0.0129. The van der Waals surface area contributed by atoms with Gasteiger partial charge in [-0.25, -0.2) is 0 Å². The van der Waals surface area contributed by atoms with Crippen molar-refractivity contribution in [2.45, 2.75) is 13.3 Å². The van der Waals surface area contributed by atoms with Crippen molar-refractivity contribution < 1.29 is 9.59 Å². The van der Waals surface area contributed by atoms with Gasteiger partial charge in [-0.15, -0.1) is 0 Å². The third kappa shape index (κ3) is 2.91. The van der Waals surface area contributed by atoms with E-state index in [0.717, 1.165) is 8.95 Å². The van der Waals surface area contributed by atoms with Gasteiger partial charge in [-0.2, -0.15) is 0 Å². The van der Waals surface area contributed by atoms with Gasteiger partial charge in [0.2, 0.25) is 5.91 Å². The molecule has 2 amide bonds. The molecule has 1 unspecified atom stereocenters. The lowest BCUT2D eigenvalue weighted by molar-refractivity contribution is -0.128. The summed E-state index contributed by atoms with van der Waals surface area (Å²) in [6, 6.07) is 5.51. The molecule has 2 rings (SSSR count). The number of carbonyl (C=O) groups is 2. The number of nitrogens with one attached hydrogen (secondary N) is 1. The Labute approximate surface area is 135 Å². The first-order valence-corrected chi connectivity index (χ1v) is 7.92. The second-order valence-corrected chi connectivity index (χ2v) is 7.01. The van der Waals surface area contributed by atoms with Gasteiger partial charge in [0.15, 0.2) is 0 Å². The van der Waals surface area contributed by atoms with Crippen molar-refractivity contribution in [1.29, 1.82) is 0 Å². The molecule has 4 nitrogen and oxygen atoms in total. The molecule has 1 N–H and O–H groups in total.